The molecule has 0 radical (unpaired) electrons. The molecule has 0 amide bonds. The zero-order valence-electron chi connectivity index (χ0n) is 9.77. The van der Waals surface area contributed by atoms with Crippen LogP contribution in [-0.2, 0) is 12.8 Å². The monoisotopic (exact) mass is 231 g/mol. The normalized spacial score (nSPS) is 14.9. The van der Waals surface area contributed by atoms with Crippen molar-refractivity contribution in [3.63, 3.8) is 0 Å². The maximum Gasteiger partial charge on any atom is 0.192 e. The van der Waals surface area contributed by atoms with Crippen molar-refractivity contribution >= 4 is 10.9 Å². The van der Waals surface area contributed by atoms with Crippen LogP contribution in [0.1, 0.15) is 29.7 Å². The van der Waals surface area contributed by atoms with E-state index in [2.05, 4.69) is 4.98 Å². The van der Waals surface area contributed by atoms with E-state index in [9.17, 15) is 9.18 Å². The van der Waals surface area contributed by atoms with Gasteiger partial charge in [0.25, 0.3) is 0 Å². The maximum atomic E-state index is 13.8. The summed E-state index contributed by atoms with van der Waals surface area (Å²) in [5, 5.41) is 0.489. The predicted molar refractivity (Wildman–Crippen MR) is 65.9 cm³/mol. The summed E-state index contributed by atoms with van der Waals surface area (Å²) in [6, 6.07) is 3.24. The number of aromatic amines is 1. The average Bonchev–Trinajstić information content (AvgIpc) is 2.31. The lowest BCUT2D eigenvalue weighted by Gasteiger charge is -2.16. The Morgan fingerprint density at radius 2 is 2.00 bits per heavy atom. The van der Waals surface area contributed by atoms with E-state index in [4.69, 9.17) is 0 Å². The average molecular weight is 231 g/mol. The van der Waals surface area contributed by atoms with Gasteiger partial charge in [-0.15, -0.1) is 0 Å². The van der Waals surface area contributed by atoms with Crippen molar-refractivity contribution in [1.29, 1.82) is 0 Å². The summed E-state index contributed by atoms with van der Waals surface area (Å²) in [5.41, 5.74) is 2.94. The van der Waals surface area contributed by atoms with Crippen molar-refractivity contribution in [3.05, 3.63) is 45.0 Å². The van der Waals surface area contributed by atoms with Crippen LogP contribution in [0.5, 0.6) is 0 Å². The van der Waals surface area contributed by atoms with Crippen LogP contribution in [0.15, 0.2) is 16.9 Å². The molecule has 0 saturated heterocycles. The molecule has 1 N–H and O–H groups in total. The number of aromatic nitrogens is 1. The number of fused-ring (bicyclic) bond motifs is 2. The number of rotatable bonds is 0. The van der Waals surface area contributed by atoms with Crippen LogP contribution in [0.2, 0.25) is 0 Å². The van der Waals surface area contributed by atoms with Gasteiger partial charge >= 0.3 is 0 Å². The van der Waals surface area contributed by atoms with Crippen molar-refractivity contribution < 1.29 is 4.39 Å². The van der Waals surface area contributed by atoms with Crippen LogP contribution >= 0.6 is 0 Å². The Kier molecular flexibility index (Phi) is 2.28. The van der Waals surface area contributed by atoms with Crippen LogP contribution in [-0.4, -0.2) is 4.98 Å². The predicted octanol–water partition coefficient (Wildman–Crippen LogP) is 2.85. The lowest BCUT2D eigenvalue weighted by atomic mass is 9.94. The van der Waals surface area contributed by atoms with Gasteiger partial charge < -0.3 is 4.98 Å². The molecule has 1 heterocycles. The molecule has 3 rings (SSSR count). The van der Waals surface area contributed by atoms with Gasteiger partial charge in [-0.05, 0) is 50.3 Å². The zero-order chi connectivity index (χ0) is 12.0. The first-order valence-corrected chi connectivity index (χ1v) is 6.00. The SMILES string of the molecule is Cc1cc(F)c2[nH]c3c(c(=O)c2c1)CCCC3. The Balaban J connectivity index is 2.44. The number of hydrogen-bond acceptors (Lipinski definition) is 1. The second-order valence-corrected chi connectivity index (χ2v) is 4.79. The van der Waals surface area contributed by atoms with Crippen LogP contribution in [0.4, 0.5) is 4.39 Å². The van der Waals surface area contributed by atoms with E-state index in [1.165, 1.54) is 6.07 Å². The number of halogens is 1. The molecule has 2 aromatic rings. The van der Waals surface area contributed by atoms with E-state index in [0.717, 1.165) is 42.5 Å². The number of hydrogen-bond donors (Lipinski definition) is 1. The lowest BCUT2D eigenvalue weighted by molar-refractivity contribution is 0.630. The molecule has 2 nitrogen and oxygen atoms in total. The molecular formula is C14H14FNO. The highest BCUT2D eigenvalue weighted by molar-refractivity contribution is 5.81. The van der Waals surface area contributed by atoms with Crippen molar-refractivity contribution in [3.8, 4) is 0 Å². The fraction of sp³-hybridized carbons (Fsp3) is 0.357. The summed E-state index contributed by atoms with van der Waals surface area (Å²) in [6.07, 6.45) is 3.79. The Bertz CT molecular complexity index is 657. The van der Waals surface area contributed by atoms with Gasteiger partial charge in [0, 0.05) is 16.6 Å². The van der Waals surface area contributed by atoms with Crippen molar-refractivity contribution in [1.82, 2.24) is 4.98 Å². The third-order valence-corrected chi connectivity index (χ3v) is 3.50. The molecular weight excluding hydrogens is 217 g/mol. The zero-order valence-corrected chi connectivity index (χ0v) is 9.77. The molecule has 0 bridgehead atoms. The highest BCUT2D eigenvalue weighted by atomic mass is 19.1. The summed E-state index contributed by atoms with van der Waals surface area (Å²) >= 11 is 0. The Hall–Kier alpha value is -1.64. The number of nitrogens with one attached hydrogen (secondary N) is 1. The fourth-order valence-corrected chi connectivity index (χ4v) is 2.66. The Morgan fingerprint density at radius 1 is 1.24 bits per heavy atom. The highest BCUT2D eigenvalue weighted by Gasteiger charge is 2.17. The molecule has 88 valence electrons. The molecule has 0 aliphatic heterocycles. The van der Waals surface area contributed by atoms with E-state index in [1.807, 2.05) is 0 Å². The third-order valence-electron chi connectivity index (χ3n) is 3.50. The topological polar surface area (TPSA) is 32.9 Å². The van der Waals surface area contributed by atoms with E-state index in [0.29, 0.717) is 10.9 Å². The van der Waals surface area contributed by atoms with Crippen LogP contribution in [0.3, 0.4) is 0 Å². The van der Waals surface area contributed by atoms with Gasteiger partial charge in [-0.2, -0.15) is 0 Å². The van der Waals surface area contributed by atoms with Gasteiger partial charge in [0.15, 0.2) is 5.43 Å². The molecule has 0 saturated carbocycles. The highest BCUT2D eigenvalue weighted by Crippen LogP contribution is 2.22. The number of aryl methyl sites for hydroxylation is 2. The smallest absolute Gasteiger partial charge is 0.192 e. The molecule has 0 fully saturated rings. The second-order valence-electron chi connectivity index (χ2n) is 4.79. The fourth-order valence-electron chi connectivity index (χ4n) is 2.66. The molecule has 0 unspecified atom stereocenters. The molecule has 1 aliphatic carbocycles. The minimum absolute atomic E-state index is 0.0102. The number of H-pyrrole nitrogens is 1. The number of pyridine rings is 1. The van der Waals surface area contributed by atoms with Crippen LogP contribution in [0.25, 0.3) is 10.9 Å². The van der Waals surface area contributed by atoms with Gasteiger partial charge in [0.1, 0.15) is 5.82 Å². The summed E-state index contributed by atoms with van der Waals surface area (Å²) in [6.45, 7) is 1.81. The van der Waals surface area contributed by atoms with Crippen LogP contribution < -0.4 is 5.43 Å². The molecule has 1 aromatic carbocycles. The van der Waals surface area contributed by atoms with Crippen LogP contribution in [0, 0.1) is 12.7 Å². The Labute approximate surface area is 98.5 Å². The largest absolute Gasteiger partial charge is 0.356 e. The first kappa shape index (κ1) is 10.5. The van der Waals surface area contributed by atoms with Gasteiger partial charge in [-0.3, -0.25) is 4.79 Å². The summed E-state index contributed by atoms with van der Waals surface area (Å²) in [5.74, 6) is -0.328. The quantitative estimate of drug-likeness (QED) is 0.743. The molecule has 0 atom stereocenters. The molecule has 1 aromatic heterocycles. The molecule has 17 heavy (non-hydrogen) atoms. The van der Waals surface area contributed by atoms with E-state index in [1.54, 1.807) is 13.0 Å². The van der Waals surface area contributed by atoms with Crippen molar-refractivity contribution in [2.45, 2.75) is 32.6 Å². The first-order chi connectivity index (χ1) is 8.16. The molecule has 3 heteroatoms. The second kappa shape index (κ2) is 3.69. The Morgan fingerprint density at radius 3 is 2.82 bits per heavy atom. The van der Waals surface area contributed by atoms with Gasteiger partial charge in [0.05, 0.1) is 5.52 Å². The first-order valence-electron chi connectivity index (χ1n) is 6.00. The lowest BCUT2D eigenvalue weighted by Crippen LogP contribution is -2.19. The minimum atomic E-state index is -0.328. The summed E-state index contributed by atoms with van der Waals surface area (Å²) < 4.78 is 13.8. The van der Waals surface area contributed by atoms with E-state index >= 15 is 0 Å². The van der Waals surface area contributed by atoms with Gasteiger partial charge in [0.2, 0.25) is 0 Å². The summed E-state index contributed by atoms with van der Waals surface area (Å²) in [7, 11) is 0. The van der Waals surface area contributed by atoms with E-state index < -0.39 is 0 Å². The van der Waals surface area contributed by atoms with Gasteiger partial charge in [-0.1, -0.05) is 0 Å². The standard InChI is InChI=1S/C14H14FNO/c1-8-6-10-13(11(15)7-8)16-12-5-3-2-4-9(12)14(10)17/h6-7H,2-5H2,1H3,(H,16,17). The minimum Gasteiger partial charge on any atom is -0.356 e. The van der Waals surface area contributed by atoms with Crippen molar-refractivity contribution in [2.75, 3.05) is 0 Å². The third kappa shape index (κ3) is 1.57. The summed E-state index contributed by atoms with van der Waals surface area (Å²) in [4.78, 5) is 15.4. The maximum absolute atomic E-state index is 13.8. The van der Waals surface area contributed by atoms with Crippen molar-refractivity contribution in [2.24, 2.45) is 0 Å². The van der Waals surface area contributed by atoms with E-state index in [-0.39, 0.29) is 11.2 Å². The van der Waals surface area contributed by atoms with Gasteiger partial charge in [-0.25, -0.2) is 4.39 Å². The number of benzene rings is 1. The molecule has 1 aliphatic rings. The molecule has 0 spiro atoms.